The molecule has 0 unspecified atom stereocenters. The molecule has 1 aliphatic carbocycles. The Morgan fingerprint density at radius 1 is 1.11 bits per heavy atom. The van der Waals surface area contributed by atoms with Gasteiger partial charge in [0.15, 0.2) is 0 Å². The summed E-state index contributed by atoms with van der Waals surface area (Å²) < 4.78 is 0. The van der Waals surface area contributed by atoms with Crippen LogP contribution >= 0.6 is 22.9 Å². The molecule has 0 fully saturated rings. The molecule has 0 bridgehead atoms. The van der Waals surface area contributed by atoms with Crippen LogP contribution in [-0.2, 0) is 9.59 Å². The Balaban J connectivity index is 1.90. The number of anilines is 1. The second-order valence-corrected chi connectivity index (χ2v) is 7.50. The Labute approximate surface area is 164 Å². The van der Waals surface area contributed by atoms with Gasteiger partial charge in [0.1, 0.15) is 5.00 Å². The van der Waals surface area contributed by atoms with E-state index in [0.29, 0.717) is 22.0 Å². The fourth-order valence-corrected chi connectivity index (χ4v) is 4.21. The maximum absolute atomic E-state index is 12.6. The lowest BCUT2D eigenvalue weighted by atomic mass is 9.82. The van der Waals surface area contributed by atoms with Gasteiger partial charge in [0.05, 0.1) is 11.5 Å². The smallest absolute Gasteiger partial charge is 0.252 e. The van der Waals surface area contributed by atoms with Crippen LogP contribution in [0.2, 0.25) is 5.02 Å². The zero-order chi connectivity index (χ0) is 19.6. The van der Waals surface area contributed by atoms with Crippen LogP contribution in [-0.4, -0.2) is 17.8 Å². The number of nitrogens with one attached hydrogen (secondary N) is 1. The van der Waals surface area contributed by atoms with Gasteiger partial charge in [-0.3, -0.25) is 9.59 Å². The first-order chi connectivity index (χ1) is 12.9. The number of aliphatic carboxylic acids is 1. The second kappa shape index (κ2) is 7.94. The van der Waals surface area contributed by atoms with Crippen molar-refractivity contribution in [2.75, 3.05) is 5.32 Å². The lowest BCUT2D eigenvalue weighted by Crippen LogP contribution is -2.41. The van der Waals surface area contributed by atoms with Gasteiger partial charge in [-0.15, -0.1) is 11.3 Å². The third kappa shape index (κ3) is 4.04. The predicted molar refractivity (Wildman–Crippen MR) is 102 cm³/mol. The second-order valence-electron chi connectivity index (χ2n) is 6.19. The molecular weight excluding hydrogens is 388 g/mol. The van der Waals surface area contributed by atoms with E-state index in [1.54, 1.807) is 41.8 Å². The number of carbonyl (C=O) groups excluding carboxylic acids is 3. The number of carboxylic acids is 1. The molecule has 0 aliphatic heterocycles. The van der Waals surface area contributed by atoms with Crippen LogP contribution in [0.25, 0.3) is 11.1 Å². The minimum absolute atomic E-state index is 0.187. The van der Waals surface area contributed by atoms with Crippen LogP contribution in [0.3, 0.4) is 0 Å². The molecule has 3 N–H and O–H groups in total. The molecule has 0 saturated carbocycles. The van der Waals surface area contributed by atoms with E-state index >= 15 is 0 Å². The summed E-state index contributed by atoms with van der Waals surface area (Å²) in [4.78, 5) is 36.0. The van der Waals surface area contributed by atoms with E-state index in [1.807, 2.05) is 0 Å². The number of carboxylic acid groups (broad SMARTS) is 1. The predicted octanol–water partition coefficient (Wildman–Crippen LogP) is 2.44. The zero-order valence-electron chi connectivity index (χ0n) is 14.1. The number of amides is 2. The first kappa shape index (κ1) is 19.1. The van der Waals surface area contributed by atoms with Crippen molar-refractivity contribution in [3.8, 4) is 11.1 Å². The first-order valence-electron chi connectivity index (χ1n) is 8.22. The van der Waals surface area contributed by atoms with E-state index in [2.05, 4.69) is 5.32 Å². The van der Waals surface area contributed by atoms with Crippen molar-refractivity contribution < 1.29 is 19.5 Å². The Hall–Kier alpha value is -2.64. The standard InChI is InChI=1S/C19H17ClN2O4S/c20-11-7-5-10(6-8-11)14-9-27-18(15(14)16(21)23)22-17(24)12-3-1-2-4-13(12)19(25)26/h1-2,5-9,12-13H,3-4H2,(H2,21,23)(H,22,24)(H,25,26)/p-1/t12-,13+/m0/s1. The molecule has 140 valence electrons. The lowest BCUT2D eigenvalue weighted by Gasteiger charge is -2.28. The summed E-state index contributed by atoms with van der Waals surface area (Å²) in [5, 5.41) is 16.6. The van der Waals surface area contributed by atoms with Gasteiger partial charge in [0.2, 0.25) is 5.91 Å². The average molecular weight is 404 g/mol. The van der Waals surface area contributed by atoms with Gasteiger partial charge in [-0.1, -0.05) is 35.9 Å². The number of benzene rings is 1. The molecule has 2 amide bonds. The van der Waals surface area contributed by atoms with Crippen molar-refractivity contribution in [2.24, 2.45) is 17.6 Å². The van der Waals surface area contributed by atoms with Gasteiger partial charge >= 0.3 is 0 Å². The topological polar surface area (TPSA) is 112 Å². The van der Waals surface area contributed by atoms with Gasteiger partial charge in [0.25, 0.3) is 5.91 Å². The van der Waals surface area contributed by atoms with Gasteiger partial charge < -0.3 is 21.0 Å². The van der Waals surface area contributed by atoms with Crippen molar-refractivity contribution >= 4 is 45.7 Å². The van der Waals surface area contributed by atoms with Crippen molar-refractivity contribution in [3.05, 3.63) is 52.4 Å². The summed E-state index contributed by atoms with van der Waals surface area (Å²) in [5.41, 5.74) is 7.04. The fourth-order valence-electron chi connectivity index (χ4n) is 3.11. The van der Waals surface area contributed by atoms with Gasteiger partial charge in [-0.2, -0.15) is 0 Å². The molecule has 1 aromatic carbocycles. The van der Waals surface area contributed by atoms with Crippen molar-refractivity contribution in [3.63, 3.8) is 0 Å². The molecule has 0 spiro atoms. The van der Waals surface area contributed by atoms with Crippen LogP contribution in [0, 0.1) is 11.8 Å². The molecule has 6 nitrogen and oxygen atoms in total. The molecule has 1 heterocycles. The highest BCUT2D eigenvalue weighted by atomic mass is 35.5. The number of nitrogens with two attached hydrogens (primary N) is 1. The molecule has 3 rings (SSSR count). The fraction of sp³-hybridized carbons (Fsp3) is 0.211. The highest BCUT2D eigenvalue weighted by molar-refractivity contribution is 7.15. The molecule has 8 heteroatoms. The number of hydrogen-bond acceptors (Lipinski definition) is 5. The first-order valence-corrected chi connectivity index (χ1v) is 9.48. The largest absolute Gasteiger partial charge is 0.550 e. The number of hydrogen-bond donors (Lipinski definition) is 2. The average Bonchev–Trinajstić information content (AvgIpc) is 3.06. The van der Waals surface area contributed by atoms with E-state index in [-0.39, 0.29) is 12.0 Å². The van der Waals surface area contributed by atoms with Crippen molar-refractivity contribution in [2.45, 2.75) is 12.8 Å². The minimum Gasteiger partial charge on any atom is -0.550 e. The maximum atomic E-state index is 12.6. The summed E-state index contributed by atoms with van der Waals surface area (Å²) in [6, 6.07) is 6.88. The van der Waals surface area contributed by atoms with E-state index in [9.17, 15) is 19.5 Å². The number of rotatable bonds is 5. The van der Waals surface area contributed by atoms with Crippen molar-refractivity contribution in [1.29, 1.82) is 0 Å². The van der Waals surface area contributed by atoms with Gasteiger partial charge in [0, 0.05) is 27.9 Å². The molecule has 2 atom stereocenters. The SMILES string of the molecule is NC(=O)c1c(-c2ccc(Cl)cc2)csc1NC(=O)[C@H]1CC=CC[C@H]1C(=O)[O-]. The number of allylic oxidation sites excluding steroid dienone is 2. The maximum Gasteiger partial charge on any atom is 0.252 e. The van der Waals surface area contributed by atoms with Crippen LogP contribution in [0.15, 0.2) is 41.8 Å². The van der Waals surface area contributed by atoms with E-state index in [4.69, 9.17) is 17.3 Å². The molecule has 0 radical (unpaired) electrons. The highest BCUT2D eigenvalue weighted by Gasteiger charge is 2.31. The Bertz CT molecular complexity index is 920. The molecule has 27 heavy (non-hydrogen) atoms. The van der Waals surface area contributed by atoms with Crippen LogP contribution in [0.1, 0.15) is 23.2 Å². The summed E-state index contributed by atoms with van der Waals surface area (Å²) in [7, 11) is 0. The lowest BCUT2D eigenvalue weighted by molar-refractivity contribution is -0.313. The summed E-state index contributed by atoms with van der Waals surface area (Å²) in [6.45, 7) is 0. The van der Waals surface area contributed by atoms with Crippen LogP contribution in [0.4, 0.5) is 5.00 Å². The van der Waals surface area contributed by atoms with Crippen LogP contribution in [0.5, 0.6) is 0 Å². The number of halogens is 1. The third-order valence-corrected chi connectivity index (χ3v) is 5.65. The number of thiophene rings is 1. The monoisotopic (exact) mass is 403 g/mol. The van der Waals surface area contributed by atoms with E-state index < -0.39 is 29.6 Å². The molecular formula is C19H16ClN2O4S-. The third-order valence-electron chi connectivity index (χ3n) is 4.50. The summed E-state index contributed by atoms with van der Waals surface area (Å²) in [6.07, 6.45) is 4.03. The quantitative estimate of drug-likeness (QED) is 0.746. The minimum atomic E-state index is -1.26. The number of primary amides is 1. The molecule has 2 aromatic rings. The molecule has 1 aromatic heterocycles. The van der Waals surface area contributed by atoms with Crippen LogP contribution < -0.4 is 16.2 Å². The van der Waals surface area contributed by atoms with Gasteiger partial charge in [-0.25, -0.2) is 0 Å². The number of carbonyl (C=O) groups is 3. The Morgan fingerprint density at radius 2 is 1.74 bits per heavy atom. The zero-order valence-corrected chi connectivity index (χ0v) is 15.7. The van der Waals surface area contributed by atoms with E-state index in [0.717, 1.165) is 16.9 Å². The van der Waals surface area contributed by atoms with Gasteiger partial charge in [-0.05, 0) is 30.5 Å². The molecule has 1 aliphatic rings. The normalized spacial score (nSPS) is 18.9. The molecule has 0 saturated heterocycles. The summed E-state index contributed by atoms with van der Waals surface area (Å²) in [5.74, 6) is -4.08. The Morgan fingerprint density at radius 3 is 2.33 bits per heavy atom. The van der Waals surface area contributed by atoms with Crippen molar-refractivity contribution in [1.82, 2.24) is 0 Å². The summed E-state index contributed by atoms with van der Waals surface area (Å²) >= 11 is 7.05. The Kier molecular flexibility index (Phi) is 5.62. The highest BCUT2D eigenvalue weighted by Crippen LogP contribution is 2.37. The van der Waals surface area contributed by atoms with E-state index in [1.165, 1.54) is 0 Å².